The van der Waals surface area contributed by atoms with E-state index in [-0.39, 0.29) is 11.7 Å². The number of benzene rings is 3. The van der Waals surface area contributed by atoms with Gasteiger partial charge in [-0.2, -0.15) is 0 Å². The van der Waals surface area contributed by atoms with Crippen LogP contribution in [0.5, 0.6) is 23.0 Å². The molecule has 0 saturated carbocycles. The number of hydrogen-bond donors (Lipinski definition) is 1. The molecule has 0 atom stereocenters. The van der Waals surface area contributed by atoms with Crippen LogP contribution in [-0.4, -0.2) is 36.1 Å². The summed E-state index contributed by atoms with van der Waals surface area (Å²) >= 11 is 1.15. The molecule has 168 valence electrons. The first kappa shape index (κ1) is 22.2. The molecule has 4 rings (SSSR count). The summed E-state index contributed by atoms with van der Waals surface area (Å²) in [4.78, 5) is 12.3. The molecule has 8 nitrogen and oxygen atoms in total. The Kier molecular flexibility index (Phi) is 7.11. The second kappa shape index (κ2) is 10.6. The average Bonchev–Trinajstić information content (AvgIpc) is 3.33. The molecule has 1 N–H and O–H groups in total. The van der Waals surface area contributed by atoms with Gasteiger partial charge >= 0.3 is 0 Å². The summed E-state index contributed by atoms with van der Waals surface area (Å²) in [6.45, 7) is 0. The van der Waals surface area contributed by atoms with Crippen LogP contribution in [0.2, 0.25) is 0 Å². The van der Waals surface area contributed by atoms with Crippen molar-refractivity contribution in [2.24, 2.45) is 0 Å². The van der Waals surface area contributed by atoms with Crippen LogP contribution in [0, 0.1) is 0 Å². The lowest BCUT2D eigenvalue weighted by Gasteiger charge is -2.08. The number of amides is 1. The second-order valence-corrected chi connectivity index (χ2v) is 7.65. The van der Waals surface area contributed by atoms with Gasteiger partial charge in [0.25, 0.3) is 5.22 Å². The van der Waals surface area contributed by atoms with Gasteiger partial charge in [0.05, 0.1) is 20.0 Å². The first-order valence-electron chi connectivity index (χ1n) is 9.96. The van der Waals surface area contributed by atoms with Gasteiger partial charge in [0.2, 0.25) is 11.8 Å². The molecule has 0 fully saturated rings. The van der Waals surface area contributed by atoms with Gasteiger partial charge in [0.1, 0.15) is 11.5 Å². The van der Waals surface area contributed by atoms with Gasteiger partial charge in [0.15, 0.2) is 11.5 Å². The van der Waals surface area contributed by atoms with Gasteiger partial charge in [-0.05, 0) is 54.6 Å². The van der Waals surface area contributed by atoms with E-state index in [0.29, 0.717) is 39.6 Å². The van der Waals surface area contributed by atoms with Crippen LogP contribution >= 0.6 is 11.8 Å². The lowest BCUT2D eigenvalue weighted by atomic mass is 10.2. The molecule has 0 spiro atoms. The summed E-state index contributed by atoms with van der Waals surface area (Å²) in [5.41, 5.74) is 1.35. The minimum absolute atomic E-state index is 0.121. The third kappa shape index (κ3) is 5.83. The molecule has 0 unspecified atom stereocenters. The van der Waals surface area contributed by atoms with E-state index < -0.39 is 0 Å². The van der Waals surface area contributed by atoms with Crippen molar-refractivity contribution in [3.8, 4) is 34.5 Å². The maximum absolute atomic E-state index is 12.3. The number of ether oxygens (including phenoxy) is 3. The Hall–Kier alpha value is -3.98. The third-order valence-corrected chi connectivity index (χ3v) is 5.30. The van der Waals surface area contributed by atoms with Crippen molar-refractivity contribution in [2.45, 2.75) is 5.22 Å². The van der Waals surface area contributed by atoms with Crippen LogP contribution in [0.3, 0.4) is 0 Å². The standard InChI is InChI=1S/C24H21N3O5S/c1-29-20-13-8-16(14-21(20)30-2)23-26-27-24(32-23)33-15-22(28)25-17-9-11-19(12-10-17)31-18-6-4-3-5-7-18/h3-14H,15H2,1-2H3,(H,25,28). The molecule has 0 radical (unpaired) electrons. The lowest BCUT2D eigenvalue weighted by Crippen LogP contribution is -2.13. The number of methoxy groups -OCH3 is 2. The molecule has 0 aliphatic heterocycles. The van der Waals surface area contributed by atoms with Gasteiger partial charge in [-0.15, -0.1) is 10.2 Å². The van der Waals surface area contributed by atoms with Crippen LogP contribution in [-0.2, 0) is 4.79 Å². The molecular weight excluding hydrogens is 442 g/mol. The Morgan fingerprint density at radius 3 is 2.36 bits per heavy atom. The number of aromatic nitrogens is 2. The molecule has 0 aliphatic carbocycles. The summed E-state index contributed by atoms with van der Waals surface area (Å²) in [6, 6.07) is 21.9. The van der Waals surface area contributed by atoms with Crippen molar-refractivity contribution < 1.29 is 23.4 Å². The first-order chi connectivity index (χ1) is 16.1. The monoisotopic (exact) mass is 463 g/mol. The number of hydrogen-bond acceptors (Lipinski definition) is 8. The smallest absolute Gasteiger partial charge is 0.277 e. The zero-order valence-electron chi connectivity index (χ0n) is 18.0. The topological polar surface area (TPSA) is 95.7 Å². The van der Waals surface area contributed by atoms with Gasteiger partial charge in [-0.1, -0.05) is 30.0 Å². The predicted molar refractivity (Wildman–Crippen MR) is 125 cm³/mol. The fourth-order valence-corrected chi connectivity index (χ4v) is 3.47. The molecule has 4 aromatic rings. The number of rotatable bonds is 9. The number of anilines is 1. The fraction of sp³-hybridized carbons (Fsp3) is 0.125. The van der Waals surface area contributed by atoms with Crippen LogP contribution in [0.1, 0.15) is 0 Å². The molecule has 1 aromatic heterocycles. The zero-order valence-corrected chi connectivity index (χ0v) is 18.8. The number of carbonyl (C=O) groups excluding carboxylic acids is 1. The molecule has 0 bridgehead atoms. The van der Waals surface area contributed by atoms with Crippen molar-refractivity contribution in [3.63, 3.8) is 0 Å². The SMILES string of the molecule is COc1ccc(-c2nnc(SCC(=O)Nc3ccc(Oc4ccccc4)cc3)o2)cc1OC. The molecule has 3 aromatic carbocycles. The van der Waals surface area contributed by atoms with Crippen molar-refractivity contribution >= 4 is 23.4 Å². The van der Waals surface area contributed by atoms with E-state index in [1.807, 2.05) is 30.3 Å². The maximum Gasteiger partial charge on any atom is 0.277 e. The minimum Gasteiger partial charge on any atom is -0.493 e. The van der Waals surface area contributed by atoms with Gasteiger partial charge in [-0.25, -0.2) is 0 Å². The van der Waals surface area contributed by atoms with Crippen LogP contribution in [0.4, 0.5) is 5.69 Å². The van der Waals surface area contributed by atoms with Crippen molar-refractivity contribution in [1.29, 1.82) is 0 Å². The molecule has 1 amide bonds. The molecule has 0 aliphatic rings. The Bertz CT molecular complexity index is 1210. The number of thioether (sulfide) groups is 1. The summed E-state index contributed by atoms with van der Waals surface area (Å²) < 4.78 is 21.9. The summed E-state index contributed by atoms with van der Waals surface area (Å²) in [5, 5.41) is 11.2. The van der Waals surface area contributed by atoms with Crippen molar-refractivity contribution in [2.75, 3.05) is 25.3 Å². The average molecular weight is 464 g/mol. The highest BCUT2D eigenvalue weighted by molar-refractivity contribution is 7.99. The van der Waals surface area contributed by atoms with Gasteiger partial charge < -0.3 is 23.9 Å². The number of nitrogens with one attached hydrogen (secondary N) is 1. The van der Waals surface area contributed by atoms with E-state index in [4.69, 9.17) is 18.6 Å². The Labute approximate surface area is 194 Å². The molecule has 9 heteroatoms. The minimum atomic E-state index is -0.192. The van der Waals surface area contributed by atoms with Crippen LogP contribution in [0.15, 0.2) is 82.4 Å². The highest BCUT2D eigenvalue weighted by Crippen LogP contribution is 2.32. The lowest BCUT2D eigenvalue weighted by molar-refractivity contribution is -0.113. The maximum atomic E-state index is 12.3. The van der Waals surface area contributed by atoms with E-state index >= 15 is 0 Å². The van der Waals surface area contributed by atoms with Crippen LogP contribution in [0.25, 0.3) is 11.5 Å². The number of nitrogens with zero attached hydrogens (tertiary/aromatic N) is 2. The summed E-state index contributed by atoms with van der Waals surface area (Å²) in [5.74, 6) is 2.85. The van der Waals surface area contributed by atoms with E-state index in [1.54, 1.807) is 56.7 Å². The van der Waals surface area contributed by atoms with E-state index in [2.05, 4.69) is 15.5 Å². The highest BCUT2D eigenvalue weighted by atomic mass is 32.2. The highest BCUT2D eigenvalue weighted by Gasteiger charge is 2.14. The van der Waals surface area contributed by atoms with Crippen LogP contribution < -0.4 is 19.5 Å². The summed E-state index contributed by atoms with van der Waals surface area (Å²) in [7, 11) is 3.12. The van der Waals surface area contributed by atoms with Crippen molar-refractivity contribution in [3.05, 3.63) is 72.8 Å². The number of carbonyl (C=O) groups is 1. The zero-order chi connectivity index (χ0) is 23.0. The molecule has 1 heterocycles. The van der Waals surface area contributed by atoms with Crippen molar-refractivity contribution in [1.82, 2.24) is 10.2 Å². The van der Waals surface area contributed by atoms with E-state index in [0.717, 1.165) is 17.5 Å². The second-order valence-electron chi connectivity index (χ2n) is 6.72. The number of para-hydroxylation sites is 1. The van der Waals surface area contributed by atoms with Gasteiger partial charge in [-0.3, -0.25) is 4.79 Å². The van der Waals surface area contributed by atoms with E-state index in [9.17, 15) is 4.79 Å². The summed E-state index contributed by atoms with van der Waals surface area (Å²) in [6.07, 6.45) is 0. The Balaban J connectivity index is 1.30. The Morgan fingerprint density at radius 1 is 0.909 bits per heavy atom. The Morgan fingerprint density at radius 2 is 1.64 bits per heavy atom. The molecule has 33 heavy (non-hydrogen) atoms. The molecule has 0 saturated heterocycles. The molecular formula is C24H21N3O5S. The quantitative estimate of drug-likeness (QED) is 0.335. The first-order valence-corrected chi connectivity index (χ1v) is 10.9. The van der Waals surface area contributed by atoms with E-state index in [1.165, 1.54) is 0 Å². The third-order valence-electron chi connectivity index (χ3n) is 4.48. The van der Waals surface area contributed by atoms with Gasteiger partial charge in [0, 0.05) is 11.3 Å². The normalized spacial score (nSPS) is 10.5. The predicted octanol–water partition coefficient (Wildman–Crippen LogP) is 5.28. The largest absolute Gasteiger partial charge is 0.493 e. The fourth-order valence-electron chi connectivity index (χ4n) is 2.91.